The minimum atomic E-state index is 0.448. The molecule has 0 saturated carbocycles. The lowest BCUT2D eigenvalue weighted by molar-refractivity contribution is -0.0102. The number of piperidine rings is 1. The normalized spacial score (nSPS) is 22.1. The maximum Gasteiger partial charge on any atom is 0.0702 e. The van der Waals surface area contributed by atoms with Crippen molar-refractivity contribution in [3.8, 4) is 0 Å². The van der Waals surface area contributed by atoms with Gasteiger partial charge in [0.2, 0.25) is 0 Å². The molecule has 0 aromatic rings. The molecule has 0 amide bonds. The third-order valence-corrected chi connectivity index (χ3v) is 3.88. The van der Waals surface area contributed by atoms with Gasteiger partial charge in [0.1, 0.15) is 0 Å². The first kappa shape index (κ1) is 17.9. The molecule has 1 aliphatic heterocycles. The van der Waals surface area contributed by atoms with E-state index in [1.165, 1.54) is 19.4 Å². The second kappa shape index (κ2) is 11.5. The van der Waals surface area contributed by atoms with Gasteiger partial charge in [-0.1, -0.05) is 6.92 Å². The molecule has 0 radical (unpaired) electrons. The summed E-state index contributed by atoms with van der Waals surface area (Å²) in [5.41, 5.74) is 0. The Labute approximate surface area is 125 Å². The average Bonchev–Trinajstić information content (AvgIpc) is 2.48. The lowest BCUT2D eigenvalue weighted by Crippen LogP contribution is -2.48. The standard InChI is InChI=1S/C16H34N2O2/c1-4-11-20-16-8-6-10-18(14-16)15(3)13-17-9-7-12-19-5-2/h15-17H,4-14H2,1-3H3. The molecule has 20 heavy (non-hydrogen) atoms. The minimum Gasteiger partial charge on any atom is -0.382 e. The van der Waals surface area contributed by atoms with Crippen LogP contribution >= 0.6 is 0 Å². The summed E-state index contributed by atoms with van der Waals surface area (Å²) in [4.78, 5) is 2.57. The van der Waals surface area contributed by atoms with Gasteiger partial charge in [-0.15, -0.1) is 0 Å². The van der Waals surface area contributed by atoms with E-state index in [0.717, 1.165) is 52.3 Å². The van der Waals surface area contributed by atoms with Crippen LogP contribution in [0.2, 0.25) is 0 Å². The SMILES string of the molecule is CCCOC1CCCN(C(C)CNCCCOCC)C1. The molecule has 1 rings (SSSR count). The van der Waals surface area contributed by atoms with Gasteiger partial charge >= 0.3 is 0 Å². The highest BCUT2D eigenvalue weighted by atomic mass is 16.5. The molecule has 120 valence electrons. The Bertz CT molecular complexity index is 227. The molecule has 2 unspecified atom stereocenters. The van der Waals surface area contributed by atoms with E-state index in [2.05, 4.69) is 24.1 Å². The number of ether oxygens (including phenoxy) is 2. The van der Waals surface area contributed by atoms with Crippen molar-refractivity contribution in [2.75, 3.05) is 46.0 Å². The molecule has 1 saturated heterocycles. The zero-order valence-corrected chi connectivity index (χ0v) is 13.7. The number of hydrogen-bond donors (Lipinski definition) is 1. The van der Waals surface area contributed by atoms with Crippen LogP contribution in [-0.2, 0) is 9.47 Å². The summed E-state index contributed by atoms with van der Waals surface area (Å²) < 4.78 is 11.2. The summed E-state index contributed by atoms with van der Waals surface area (Å²) >= 11 is 0. The molecule has 0 aliphatic carbocycles. The van der Waals surface area contributed by atoms with Crippen molar-refractivity contribution in [1.82, 2.24) is 10.2 Å². The fraction of sp³-hybridized carbons (Fsp3) is 1.00. The van der Waals surface area contributed by atoms with Gasteiger partial charge in [-0.2, -0.15) is 0 Å². The molecule has 0 bridgehead atoms. The fourth-order valence-corrected chi connectivity index (χ4v) is 2.67. The second-order valence-corrected chi connectivity index (χ2v) is 5.73. The molecule has 1 heterocycles. The predicted molar refractivity (Wildman–Crippen MR) is 84.3 cm³/mol. The van der Waals surface area contributed by atoms with Crippen LogP contribution < -0.4 is 5.32 Å². The van der Waals surface area contributed by atoms with Gasteiger partial charge in [0.15, 0.2) is 0 Å². The van der Waals surface area contributed by atoms with Crippen LogP contribution in [0.15, 0.2) is 0 Å². The quantitative estimate of drug-likeness (QED) is 0.591. The summed E-state index contributed by atoms with van der Waals surface area (Å²) in [7, 11) is 0. The van der Waals surface area contributed by atoms with Gasteiger partial charge < -0.3 is 14.8 Å². The van der Waals surface area contributed by atoms with E-state index in [1.807, 2.05) is 6.92 Å². The minimum absolute atomic E-state index is 0.448. The topological polar surface area (TPSA) is 33.7 Å². The van der Waals surface area contributed by atoms with Crippen molar-refractivity contribution in [3.63, 3.8) is 0 Å². The van der Waals surface area contributed by atoms with Crippen molar-refractivity contribution in [2.45, 2.75) is 58.6 Å². The molecule has 4 heteroatoms. The molecule has 4 nitrogen and oxygen atoms in total. The first-order valence-corrected chi connectivity index (χ1v) is 8.42. The first-order valence-electron chi connectivity index (χ1n) is 8.42. The number of nitrogens with zero attached hydrogens (tertiary/aromatic N) is 1. The van der Waals surface area contributed by atoms with Gasteiger partial charge in [0, 0.05) is 39.0 Å². The van der Waals surface area contributed by atoms with Gasteiger partial charge in [0.25, 0.3) is 0 Å². The predicted octanol–water partition coefficient (Wildman–Crippen LogP) is 2.28. The Balaban J connectivity index is 2.10. The van der Waals surface area contributed by atoms with Crippen molar-refractivity contribution in [2.24, 2.45) is 0 Å². The van der Waals surface area contributed by atoms with E-state index < -0.39 is 0 Å². The van der Waals surface area contributed by atoms with Crippen LogP contribution in [-0.4, -0.2) is 63.0 Å². The Morgan fingerprint density at radius 1 is 1.30 bits per heavy atom. The van der Waals surface area contributed by atoms with Crippen LogP contribution in [0, 0.1) is 0 Å². The van der Waals surface area contributed by atoms with Crippen LogP contribution in [0.5, 0.6) is 0 Å². The number of likely N-dealkylation sites (tertiary alicyclic amines) is 1. The first-order chi connectivity index (χ1) is 9.77. The highest BCUT2D eigenvalue weighted by molar-refractivity contribution is 4.78. The average molecular weight is 286 g/mol. The summed E-state index contributed by atoms with van der Waals surface area (Å²) in [6, 6.07) is 0.593. The van der Waals surface area contributed by atoms with E-state index in [9.17, 15) is 0 Å². The Morgan fingerprint density at radius 3 is 2.90 bits per heavy atom. The van der Waals surface area contributed by atoms with E-state index in [-0.39, 0.29) is 0 Å². The van der Waals surface area contributed by atoms with Crippen LogP contribution in [0.25, 0.3) is 0 Å². The van der Waals surface area contributed by atoms with Crippen molar-refractivity contribution in [3.05, 3.63) is 0 Å². The van der Waals surface area contributed by atoms with E-state index >= 15 is 0 Å². The van der Waals surface area contributed by atoms with Crippen molar-refractivity contribution < 1.29 is 9.47 Å². The Hall–Kier alpha value is -0.160. The fourth-order valence-electron chi connectivity index (χ4n) is 2.67. The molecule has 1 aliphatic rings. The summed E-state index contributed by atoms with van der Waals surface area (Å²) in [5, 5.41) is 3.54. The zero-order chi connectivity index (χ0) is 14.6. The molecule has 0 aromatic carbocycles. The van der Waals surface area contributed by atoms with E-state index in [0.29, 0.717) is 12.1 Å². The van der Waals surface area contributed by atoms with Gasteiger partial charge in [-0.05, 0) is 52.6 Å². The lowest BCUT2D eigenvalue weighted by atomic mass is 10.1. The van der Waals surface area contributed by atoms with Crippen LogP contribution in [0.3, 0.4) is 0 Å². The third kappa shape index (κ3) is 7.58. The Kier molecular flexibility index (Phi) is 10.3. The lowest BCUT2D eigenvalue weighted by Gasteiger charge is -2.36. The van der Waals surface area contributed by atoms with Gasteiger partial charge in [-0.25, -0.2) is 0 Å². The number of nitrogens with one attached hydrogen (secondary N) is 1. The smallest absolute Gasteiger partial charge is 0.0702 e. The Morgan fingerprint density at radius 2 is 2.15 bits per heavy atom. The second-order valence-electron chi connectivity index (χ2n) is 5.73. The van der Waals surface area contributed by atoms with Crippen molar-refractivity contribution in [1.29, 1.82) is 0 Å². The van der Waals surface area contributed by atoms with Crippen LogP contribution in [0.4, 0.5) is 0 Å². The molecular formula is C16H34N2O2. The number of rotatable bonds is 11. The zero-order valence-electron chi connectivity index (χ0n) is 13.7. The molecule has 1 N–H and O–H groups in total. The molecular weight excluding hydrogens is 252 g/mol. The maximum atomic E-state index is 5.90. The van der Waals surface area contributed by atoms with E-state index in [4.69, 9.17) is 9.47 Å². The van der Waals surface area contributed by atoms with Gasteiger partial charge in [0.05, 0.1) is 6.10 Å². The van der Waals surface area contributed by atoms with Gasteiger partial charge in [-0.3, -0.25) is 4.90 Å². The van der Waals surface area contributed by atoms with E-state index in [1.54, 1.807) is 0 Å². The highest BCUT2D eigenvalue weighted by Gasteiger charge is 2.23. The molecule has 0 spiro atoms. The third-order valence-electron chi connectivity index (χ3n) is 3.88. The monoisotopic (exact) mass is 286 g/mol. The van der Waals surface area contributed by atoms with Crippen LogP contribution in [0.1, 0.15) is 46.5 Å². The molecule has 1 fully saturated rings. The number of hydrogen-bond acceptors (Lipinski definition) is 4. The highest BCUT2D eigenvalue weighted by Crippen LogP contribution is 2.15. The molecule has 0 aromatic heterocycles. The summed E-state index contributed by atoms with van der Waals surface area (Å²) in [6.07, 6.45) is 5.16. The summed E-state index contributed by atoms with van der Waals surface area (Å²) in [5.74, 6) is 0. The van der Waals surface area contributed by atoms with Crippen molar-refractivity contribution >= 4 is 0 Å². The maximum absolute atomic E-state index is 5.90. The largest absolute Gasteiger partial charge is 0.382 e. The molecule has 2 atom stereocenters. The summed E-state index contributed by atoms with van der Waals surface area (Å²) in [6.45, 7) is 13.6.